The van der Waals surface area contributed by atoms with Gasteiger partial charge in [-0.05, 0) is 16.7 Å². The number of benzene rings is 2. The van der Waals surface area contributed by atoms with E-state index in [1.807, 2.05) is 24.3 Å². The van der Waals surface area contributed by atoms with Gasteiger partial charge in [0.25, 0.3) is 0 Å². The number of hydrogen-bond donors (Lipinski definition) is 1. The van der Waals surface area contributed by atoms with Crippen LogP contribution in [0.25, 0.3) is 11.1 Å². The summed E-state index contributed by atoms with van der Waals surface area (Å²) in [4.78, 5) is 0. The molecule has 1 N–H and O–H groups in total. The highest BCUT2D eigenvalue weighted by molar-refractivity contribution is 5.63. The van der Waals surface area contributed by atoms with Crippen molar-refractivity contribution in [1.82, 2.24) is 0 Å². The first-order valence-corrected chi connectivity index (χ1v) is 6.13. The fourth-order valence-electron chi connectivity index (χ4n) is 1.94. The molecule has 0 amide bonds. The van der Waals surface area contributed by atoms with E-state index in [1.54, 1.807) is 7.11 Å². The van der Waals surface area contributed by atoms with Crippen LogP contribution in [0.4, 0.5) is 0 Å². The quantitative estimate of drug-likeness (QED) is 0.837. The fourth-order valence-corrected chi connectivity index (χ4v) is 1.94. The first kappa shape index (κ1) is 13.7. The predicted octanol–water partition coefficient (Wildman–Crippen LogP) is 3.14. The summed E-state index contributed by atoms with van der Waals surface area (Å²) in [6.45, 7) is 0.624. The van der Waals surface area contributed by atoms with Gasteiger partial charge in [-0.3, -0.25) is 0 Å². The van der Waals surface area contributed by atoms with Gasteiger partial charge in [0.15, 0.2) is 6.29 Å². The minimum atomic E-state index is -0.863. The molecule has 0 saturated heterocycles. The number of methoxy groups -OCH3 is 2. The van der Waals surface area contributed by atoms with Crippen LogP contribution in [0.2, 0.25) is 0 Å². The van der Waals surface area contributed by atoms with E-state index in [4.69, 9.17) is 9.47 Å². The molecule has 2 rings (SSSR count). The lowest BCUT2D eigenvalue weighted by molar-refractivity contribution is -0.0769. The normalized spacial score (nSPS) is 12.4. The molecule has 0 fully saturated rings. The number of aliphatic hydroxyl groups excluding tert-OH is 1. The SMILES string of the molecule is COCc1ccc(-c2ccc(C(O)OC)cc2)cc1. The lowest BCUT2D eigenvalue weighted by Gasteiger charge is -2.09. The highest BCUT2D eigenvalue weighted by Gasteiger charge is 2.05. The second-order valence-corrected chi connectivity index (χ2v) is 4.34. The molecule has 0 spiro atoms. The third kappa shape index (κ3) is 3.41. The van der Waals surface area contributed by atoms with Gasteiger partial charge in [-0.2, -0.15) is 0 Å². The zero-order valence-electron chi connectivity index (χ0n) is 11.2. The maximum absolute atomic E-state index is 9.55. The number of rotatable bonds is 5. The standard InChI is InChI=1S/C16H18O3/c1-18-11-12-3-5-13(6-4-12)14-7-9-15(10-8-14)16(17)19-2/h3-10,16-17H,11H2,1-2H3. The van der Waals surface area contributed by atoms with Crippen LogP contribution < -0.4 is 0 Å². The zero-order valence-corrected chi connectivity index (χ0v) is 11.2. The van der Waals surface area contributed by atoms with Crippen LogP contribution >= 0.6 is 0 Å². The van der Waals surface area contributed by atoms with E-state index in [9.17, 15) is 5.11 Å². The van der Waals surface area contributed by atoms with Gasteiger partial charge in [0.1, 0.15) is 0 Å². The highest BCUT2D eigenvalue weighted by Crippen LogP contribution is 2.22. The predicted molar refractivity (Wildman–Crippen MR) is 74.6 cm³/mol. The number of hydrogen-bond acceptors (Lipinski definition) is 3. The maximum Gasteiger partial charge on any atom is 0.180 e. The number of ether oxygens (including phenoxy) is 2. The number of aliphatic hydroxyl groups is 1. The molecule has 0 aliphatic heterocycles. The van der Waals surface area contributed by atoms with E-state index < -0.39 is 6.29 Å². The van der Waals surface area contributed by atoms with Crippen LogP contribution in [-0.4, -0.2) is 19.3 Å². The summed E-state index contributed by atoms with van der Waals surface area (Å²) >= 11 is 0. The molecule has 100 valence electrons. The summed E-state index contributed by atoms with van der Waals surface area (Å²) < 4.78 is 9.95. The molecule has 0 bridgehead atoms. The molecule has 19 heavy (non-hydrogen) atoms. The van der Waals surface area contributed by atoms with Crippen molar-refractivity contribution in [1.29, 1.82) is 0 Å². The third-order valence-electron chi connectivity index (χ3n) is 3.02. The molecule has 1 atom stereocenters. The van der Waals surface area contributed by atoms with Crippen LogP contribution in [0.3, 0.4) is 0 Å². The molecule has 1 unspecified atom stereocenters. The molecule has 3 heteroatoms. The summed E-state index contributed by atoms with van der Waals surface area (Å²) in [6.07, 6.45) is -0.863. The van der Waals surface area contributed by atoms with Gasteiger partial charge in [0, 0.05) is 19.8 Å². The Morgan fingerprint density at radius 2 is 1.42 bits per heavy atom. The molecule has 0 heterocycles. The van der Waals surface area contributed by atoms with Gasteiger partial charge in [0.05, 0.1) is 6.61 Å². The van der Waals surface area contributed by atoms with Crippen molar-refractivity contribution in [2.75, 3.05) is 14.2 Å². The topological polar surface area (TPSA) is 38.7 Å². The Hall–Kier alpha value is -1.68. The second kappa shape index (κ2) is 6.48. The Bertz CT molecular complexity index is 503. The first-order chi connectivity index (χ1) is 9.24. The van der Waals surface area contributed by atoms with Crippen LogP contribution in [0, 0.1) is 0 Å². The van der Waals surface area contributed by atoms with Crippen molar-refractivity contribution in [2.24, 2.45) is 0 Å². The minimum Gasteiger partial charge on any atom is -0.380 e. The van der Waals surface area contributed by atoms with Crippen molar-refractivity contribution >= 4 is 0 Å². The molecule has 0 aliphatic rings. The lowest BCUT2D eigenvalue weighted by Crippen LogP contribution is -1.98. The molecule has 0 aliphatic carbocycles. The van der Waals surface area contributed by atoms with Crippen molar-refractivity contribution in [3.8, 4) is 11.1 Å². The van der Waals surface area contributed by atoms with E-state index in [0.717, 1.165) is 22.3 Å². The third-order valence-corrected chi connectivity index (χ3v) is 3.02. The summed E-state index contributed by atoms with van der Waals surface area (Å²) in [5, 5.41) is 9.55. The van der Waals surface area contributed by atoms with Crippen molar-refractivity contribution in [3.05, 3.63) is 59.7 Å². The monoisotopic (exact) mass is 258 g/mol. The molecule has 2 aromatic rings. The van der Waals surface area contributed by atoms with Gasteiger partial charge in [-0.1, -0.05) is 48.5 Å². The van der Waals surface area contributed by atoms with E-state index >= 15 is 0 Å². The maximum atomic E-state index is 9.55. The Kier molecular flexibility index (Phi) is 4.68. The molecular weight excluding hydrogens is 240 g/mol. The highest BCUT2D eigenvalue weighted by atomic mass is 16.6. The zero-order chi connectivity index (χ0) is 13.7. The van der Waals surface area contributed by atoms with Crippen LogP contribution in [-0.2, 0) is 16.1 Å². The van der Waals surface area contributed by atoms with Gasteiger partial charge >= 0.3 is 0 Å². The largest absolute Gasteiger partial charge is 0.380 e. The van der Waals surface area contributed by atoms with E-state index in [1.165, 1.54) is 7.11 Å². The molecule has 2 aromatic carbocycles. The van der Waals surface area contributed by atoms with Crippen LogP contribution in [0.1, 0.15) is 17.4 Å². The smallest absolute Gasteiger partial charge is 0.180 e. The Morgan fingerprint density at radius 3 is 1.89 bits per heavy atom. The lowest BCUT2D eigenvalue weighted by atomic mass is 10.0. The van der Waals surface area contributed by atoms with E-state index in [2.05, 4.69) is 24.3 Å². The first-order valence-electron chi connectivity index (χ1n) is 6.13. The van der Waals surface area contributed by atoms with E-state index in [0.29, 0.717) is 6.61 Å². The summed E-state index contributed by atoms with van der Waals surface area (Å²) in [5.74, 6) is 0. The molecule has 0 radical (unpaired) electrons. The Balaban J connectivity index is 2.17. The average molecular weight is 258 g/mol. The van der Waals surface area contributed by atoms with Gasteiger partial charge in [-0.25, -0.2) is 0 Å². The fraction of sp³-hybridized carbons (Fsp3) is 0.250. The molecular formula is C16H18O3. The summed E-state index contributed by atoms with van der Waals surface area (Å²) in [5.41, 5.74) is 4.15. The van der Waals surface area contributed by atoms with E-state index in [-0.39, 0.29) is 0 Å². The van der Waals surface area contributed by atoms with Crippen LogP contribution in [0.5, 0.6) is 0 Å². The Morgan fingerprint density at radius 1 is 0.895 bits per heavy atom. The summed E-state index contributed by atoms with van der Waals surface area (Å²) in [7, 11) is 3.17. The minimum absolute atomic E-state index is 0.624. The van der Waals surface area contributed by atoms with Crippen molar-refractivity contribution in [2.45, 2.75) is 12.9 Å². The Labute approximate surface area is 113 Å². The average Bonchev–Trinajstić information content (AvgIpc) is 2.48. The van der Waals surface area contributed by atoms with Crippen LogP contribution in [0.15, 0.2) is 48.5 Å². The van der Waals surface area contributed by atoms with Gasteiger partial charge in [-0.15, -0.1) is 0 Å². The van der Waals surface area contributed by atoms with Gasteiger partial charge in [0.2, 0.25) is 0 Å². The van der Waals surface area contributed by atoms with Crippen molar-refractivity contribution < 1.29 is 14.6 Å². The second-order valence-electron chi connectivity index (χ2n) is 4.34. The molecule has 3 nitrogen and oxygen atoms in total. The molecule has 0 aromatic heterocycles. The van der Waals surface area contributed by atoms with Crippen molar-refractivity contribution in [3.63, 3.8) is 0 Å². The summed E-state index contributed by atoms with van der Waals surface area (Å²) in [6, 6.07) is 15.9. The molecule has 0 saturated carbocycles. The van der Waals surface area contributed by atoms with Gasteiger partial charge < -0.3 is 14.6 Å².